The van der Waals surface area contributed by atoms with Crippen LogP contribution in [0.25, 0.3) is 10.9 Å². The molecule has 1 saturated heterocycles. The van der Waals surface area contributed by atoms with E-state index < -0.39 is 0 Å². The van der Waals surface area contributed by atoms with Gasteiger partial charge in [-0.15, -0.1) is 0 Å². The molecule has 3 rings (SSSR count). The van der Waals surface area contributed by atoms with E-state index in [0.29, 0.717) is 0 Å². The highest BCUT2D eigenvalue weighted by Crippen LogP contribution is 2.27. The maximum atomic E-state index is 3.34. The lowest BCUT2D eigenvalue weighted by Gasteiger charge is -2.29. The Morgan fingerprint density at radius 3 is 2.73 bits per heavy atom. The average Bonchev–Trinajstić information content (AvgIpc) is 2.78. The summed E-state index contributed by atoms with van der Waals surface area (Å²) in [5.41, 5.74) is 2.66. The summed E-state index contributed by atoms with van der Waals surface area (Å²) in [7, 11) is 0. The van der Waals surface area contributed by atoms with Crippen molar-refractivity contribution in [3.63, 3.8) is 0 Å². The molecule has 0 saturated carbocycles. The molecule has 1 fully saturated rings. The van der Waals surface area contributed by atoms with Gasteiger partial charge in [-0.2, -0.15) is 0 Å². The van der Waals surface area contributed by atoms with Gasteiger partial charge in [-0.25, -0.2) is 0 Å². The Labute approximate surface area is 89.9 Å². The Bertz CT molecular complexity index is 452. The summed E-state index contributed by atoms with van der Waals surface area (Å²) in [5, 5.41) is 1.32. The molecule has 78 valence electrons. The van der Waals surface area contributed by atoms with E-state index in [-0.39, 0.29) is 0 Å². The lowest BCUT2D eigenvalue weighted by Crippen LogP contribution is -2.29. The number of nitrogens with zero attached hydrogens (tertiary/aromatic N) is 1. The summed E-state index contributed by atoms with van der Waals surface area (Å²) in [6, 6.07) is 8.69. The van der Waals surface area contributed by atoms with Crippen LogP contribution < -0.4 is 4.90 Å². The second-order valence-electron chi connectivity index (χ2n) is 4.27. The first kappa shape index (κ1) is 8.84. The van der Waals surface area contributed by atoms with Crippen molar-refractivity contribution < 1.29 is 0 Å². The minimum atomic E-state index is 1.21. The van der Waals surface area contributed by atoms with Gasteiger partial charge in [0.15, 0.2) is 0 Å². The van der Waals surface area contributed by atoms with Gasteiger partial charge in [0.2, 0.25) is 0 Å². The van der Waals surface area contributed by atoms with Crippen molar-refractivity contribution in [2.75, 3.05) is 18.0 Å². The molecule has 1 aromatic carbocycles. The zero-order valence-corrected chi connectivity index (χ0v) is 8.87. The largest absolute Gasteiger partial charge is 0.370 e. The first-order valence-electron chi connectivity index (χ1n) is 5.76. The first-order chi connectivity index (χ1) is 7.45. The Hall–Kier alpha value is -1.44. The van der Waals surface area contributed by atoms with Gasteiger partial charge in [0.05, 0.1) is 11.2 Å². The standard InChI is InChI=1S/C13H16N2/c1-2-9-15(10-3-1)12-6-4-5-11-7-8-14-13(11)12/h4-8,14H,1-3,9-10H2. The van der Waals surface area contributed by atoms with Crippen molar-refractivity contribution in [2.45, 2.75) is 19.3 Å². The molecule has 0 unspecified atom stereocenters. The quantitative estimate of drug-likeness (QED) is 0.749. The maximum absolute atomic E-state index is 3.34. The summed E-state index contributed by atoms with van der Waals surface area (Å²) in [6.45, 7) is 2.41. The molecule has 2 heteroatoms. The molecule has 1 aliphatic heterocycles. The highest BCUT2D eigenvalue weighted by atomic mass is 15.1. The molecule has 0 aliphatic carbocycles. The number of piperidine rings is 1. The average molecular weight is 200 g/mol. The highest BCUT2D eigenvalue weighted by Gasteiger charge is 2.13. The second kappa shape index (κ2) is 3.61. The zero-order valence-electron chi connectivity index (χ0n) is 8.87. The normalized spacial score (nSPS) is 17.2. The molecule has 1 aromatic heterocycles. The molecule has 2 nitrogen and oxygen atoms in total. The third-order valence-electron chi connectivity index (χ3n) is 3.26. The third kappa shape index (κ3) is 1.50. The van der Waals surface area contributed by atoms with Gasteiger partial charge >= 0.3 is 0 Å². The van der Waals surface area contributed by atoms with Crippen LogP contribution >= 0.6 is 0 Å². The Morgan fingerprint density at radius 2 is 1.87 bits per heavy atom. The molecule has 0 bridgehead atoms. The molecular formula is C13H16N2. The SMILES string of the molecule is c1cc(N2CCCCC2)c2[nH]ccc2c1. The summed E-state index contributed by atoms with van der Waals surface area (Å²) in [4.78, 5) is 5.85. The maximum Gasteiger partial charge on any atom is 0.0691 e. The molecule has 2 heterocycles. The van der Waals surface area contributed by atoms with E-state index in [0.717, 1.165) is 0 Å². The Morgan fingerprint density at radius 1 is 1.00 bits per heavy atom. The molecule has 0 radical (unpaired) electrons. The molecule has 0 amide bonds. The monoisotopic (exact) mass is 200 g/mol. The molecule has 15 heavy (non-hydrogen) atoms. The van der Waals surface area contributed by atoms with Crippen LogP contribution in [0.5, 0.6) is 0 Å². The molecule has 1 N–H and O–H groups in total. The van der Waals surface area contributed by atoms with E-state index in [9.17, 15) is 0 Å². The van der Waals surface area contributed by atoms with E-state index in [1.807, 2.05) is 6.20 Å². The molecule has 1 aliphatic rings. The predicted octanol–water partition coefficient (Wildman–Crippen LogP) is 3.16. The van der Waals surface area contributed by atoms with Gasteiger partial charge in [0, 0.05) is 24.7 Å². The highest BCUT2D eigenvalue weighted by molar-refractivity contribution is 5.91. The molecule has 0 atom stereocenters. The molecule has 2 aromatic rings. The van der Waals surface area contributed by atoms with E-state index in [2.05, 4.69) is 34.1 Å². The second-order valence-corrected chi connectivity index (χ2v) is 4.27. The van der Waals surface area contributed by atoms with Gasteiger partial charge in [-0.1, -0.05) is 12.1 Å². The smallest absolute Gasteiger partial charge is 0.0691 e. The van der Waals surface area contributed by atoms with Crippen LogP contribution in [0.1, 0.15) is 19.3 Å². The zero-order chi connectivity index (χ0) is 10.1. The lowest BCUT2D eigenvalue weighted by molar-refractivity contribution is 0.579. The number of fused-ring (bicyclic) bond motifs is 1. The Balaban J connectivity index is 2.05. The van der Waals surface area contributed by atoms with Gasteiger partial charge < -0.3 is 9.88 Å². The van der Waals surface area contributed by atoms with Crippen molar-refractivity contribution in [1.82, 2.24) is 4.98 Å². The number of aromatic amines is 1. The van der Waals surface area contributed by atoms with Crippen molar-refractivity contribution in [3.8, 4) is 0 Å². The fourth-order valence-corrected chi connectivity index (χ4v) is 2.47. The van der Waals surface area contributed by atoms with Crippen LogP contribution in [-0.4, -0.2) is 18.1 Å². The number of hydrogen-bond donors (Lipinski definition) is 1. The number of benzene rings is 1. The number of rotatable bonds is 1. The van der Waals surface area contributed by atoms with E-state index >= 15 is 0 Å². The number of H-pyrrole nitrogens is 1. The lowest BCUT2D eigenvalue weighted by atomic mass is 10.1. The fraction of sp³-hybridized carbons (Fsp3) is 0.385. The fourth-order valence-electron chi connectivity index (χ4n) is 2.47. The summed E-state index contributed by atoms with van der Waals surface area (Å²) >= 11 is 0. The number of hydrogen-bond acceptors (Lipinski definition) is 1. The summed E-state index contributed by atoms with van der Waals surface area (Å²) < 4.78 is 0. The number of anilines is 1. The van der Waals surface area contributed by atoms with Crippen molar-refractivity contribution in [1.29, 1.82) is 0 Å². The van der Waals surface area contributed by atoms with Crippen molar-refractivity contribution >= 4 is 16.6 Å². The minimum Gasteiger partial charge on any atom is -0.370 e. The number of aromatic nitrogens is 1. The number of para-hydroxylation sites is 1. The topological polar surface area (TPSA) is 19.0 Å². The Kier molecular flexibility index (Phi) is 2.13. The number of nitrogens with one attached hydrogen (secondary N) is 1. The van der Waals surface area contributed by atoms with Gasteiger partial charge in [-0.05, 0) is 31.4 Å². The van der Waals surface area contributed by atoms with Crippen LogP contribution in [0.3, 0.4) is 0 Å². The van der Waals surface area contributed by atoms with Crippen LogP contribution in [0, 0.1) is 0 Å². The summed E-state index contributed by atoms with van der Waals surface area (Å²) in [5.74, 6) is 0. The van der Waals surface area contributed by atoms with E-state index in [1.54, 1.807) is 0 Å². The van der Waals surface area contributed by atoms with Crippen molar-refractivity contribution in [2.24, 2.45) is 0 Å². The summed E-state index contributed by atoms with van der Waals surface area (Å²) in [6.07, 6.45) is 6.07. The van der Waals surface area contributed by atoms with Crippen LogP contribution in [-0.2, 0) is 0 Å². The van der Waals surface area contributed by atoms with E-state index in [4.69, 9.17) is 0 Å². The third-order valence-corrected chi connectivity index (χ3v) is 3.26. The van der Waals surface area contributed by atoms with Crippen LogP contribution in [0.2, 0.25) is 0 Å². The van der Waals surface area contributed by atoms with Gasteiger partial charge in [-0.3, -0.25) is 0 Å². The minimum absolute atomic E-state index is 1.21. The van der Waals surface area contributed by atoms with Crippen LogP contribution in [0.4, 0.5) is 5.69 Å². The van der Waals surface area contributed by atoms with Gasteiger partial charge in [0.1, 0.15) is 0 Å². The van der Waals surface area contributed by atoms with Gasteiger partial charge in [0.25, 0.3) is 0 Å². The van der Waals surface area contributed by atoms with Crippen molar-refractivity contribution in [3.05, 3.63) is 30.5 Å². The predicted molar refractivity (Wildman–Crippen MR) is 64.4 cm³/mol. The van der Waals surface area contributed by atoms with Crippen LogP contribution in [0.15, 0.2) is 30.5 Å². The van der Waals surface area contributed by atoms with E-state index in [1.165, 1.54) is 48.9 Å². The molecular weight excluding hydrogens is 184 g/mol. The first-order valence-corrected chi connectivity index (χ1v) is 5.76. The molecule has 0 spiro atoms.